The van der Waals surface area contributed by atoms with E-state index >= 15 is 0 Å². The zero-order chi connectivity index (χ0) is 12.8. The van der Waals surface area contributed by atoms with Crippen LogP contribution in [0.5, 0.6) is 5.88 Å². The second-order valence-corrected chi connectivity index (χ2v) is 4.84. The Labute approximate surface area is 108 Å². The molecule has 1 fully saturated rings. The molecule has 1 aromatic heterocycles. The maximum absolute atomic E-state index is 5.65. The van der Waals surface area contributed by atoms with E-state index in [2.05, 4.69) is 15.3 Å². The van der Waals surface area contributed by atoms with Crippen LogP contribution < -0.4 is 15.8 Å². The molecule has 0 saturated heterocycles. The number of rotatable bonds is 3. The summed E-state index contributed by atoms with van der Waals surface area (Å²) in [7, 11) is 1.58. The number of nitrogens with two attached hydrogens (primary N) is 1. The maximum Gasteiger partial charge on any atom is 0.225 e. The van der Waals surface area contributed by atoms with Gasteiger partial charge in [0.15, 0.2) is 0 Å². The summed E-state index contributed by atoms with van der Waals surface area (Å²) >= 11 is 0. The van der Waals surface area contributed by atoms with Gasteiger partial charge in [0.1, 0.15) is 5.82 Å². The Balaban J connectivity index is 2.00. The van der Waals surface area contributed by atoms with Gasteiger partial charge < -0.3 is 15.8 Å². The summed E-state index contributed by atoms with van der Waals surface area (Å²) in [5.41, 5.74) is 5.65. The molecule has 18 heavy (non-hydrogen) atoms. The van der Waals surface area contributed by atoms with Gasteiger partial charge in [-0.2, -0.15) is 9.97 Å². The number of nitrogens with zero attached hydrogens (tertiary/aromatic N) is 2. The van der Waals surface area contributed by atoms with Crippen LogP contribution >= 0.6 is 0 Å². The monoisotopic (exact) mass is 250 g/mol. The number of nitrogens with one attached hydrogen (secondary N) is 1. The highest BCUT2D eigenvalue weighted by Gasteiger charge is 2.12. The van der Waals surface area contributed by atoms with E-state index in [-0.39, 0.29) is 5.95 Å². The fourth-order valence-corrected chi connectivity index (χ4v) is 2.43. The normalized spacial score (nSPS) is 17.8. The molecule has 0 aliphatic heterocycles. The van der Waals surface area contributed by atoms with Crippen molar-refractivity contribution in [3.8, 4) is 5.88 Å². The molecule has 0 aromatic carbocycles. The van der Waals surface area contributed by atoms with Gasteiger partial charge in [-0.3, -0.25) is 0 Å². The molecule has 100 valence electrons. The van der Waals surface area contributed by atoms with Crippen LogP contribution in [0.25, 0.3) is 0 Å². The largest absolute Gasteiger partial charge is 0.481 e. The van der Waals surface area contributed by atoms with Crippen LogP contribution in [0.4, 0.5) is 11.8 Å². The third-order valence-electron chi connectivity index (χ3n) is 3.39. The first-order valence-electron chi connectivity index (χ1n) is 6.73. The molecular formula is C13H22N4O. The summed E-state index contributed by atoms with van der Waals surface area (Å²) in [6, 6.07) is 2.29. The average molecular weight is 250 g/mol. The standard InChI is InChI=1S/C13H22N4O/c1-18-12-9-11(16-13(14)17-12)15-10-7-5-3-2-4-6-8-10/h9-10H,2-8H2,1H3,(H3,14,15,16,17). The minimum Gasteiger partial charge on any atom is -0.481 e. The fraction of sp³-hybridized carbons (Fsp3) is 0.692. The molecule has 1 aliphatic rings. The van der Waals surface area contributed by atoms with Gasteiger partial charge in [0, 0.05) is 12.1 Å². The van der Waals surface area contributed by atoms with Crippen molar-refractivity contribution in [3.63, 3.8) is 0 Å². The molecule has 0 amide bonds. The first-order chi connectivity index (χ1) is 8.78. The topological polar surface area (TPSA) is 73.1 Å². The number of nitrogen functional groups attached to an aromatic ring is 1. The van der Waals surface area contributed by atoms with Crippen molar-refractivity contribution in [2.75, 3.05) is 18.2 Å². The third-order valence-corrected chi connectivity index (χ3v) is 3.39. The molecule has 1 aromatic rings. The van der Waals surface area contributed by atoms with Crippen molar-refractivity contribution in [3.05, 3.63) is 6.07 Å². The summed E-state index contributed by atoms with van der Waals surface area (Å²) in [5.74, 6) is 1.53. The molecular weight excluding hydrogens is 228 g/mol. The van der Waals surface area contributed by atoms with E-state index in [1.54, 1.807) is 13.2 Å². The summed E-state index contributed by atoms with van der Waals surface area (Å²) in [6.45, 7) is 0. The molecule has 5 nitrogen and oxygen atoms in total. The van der Waals surface area contributed by atoms with E-state index in [9.17, 15) is 0 Å². The number of aromatic nitrogens is 2. The van der Waals surface area contributed by atoms with Crippen molar-refractivity contribution in [1.29, 1.82) is 0 Å². The van der Waals surface area contributed by atoms with Gasteiger partial charge in [-0.15, -0.1) is 0 Å². The van der Waals surface area contributed by atoms with Crippen LogP contribution in [0.1, 0.15) is 44.9 Å². The number of hydrogen-bond acceptors (Lipinski definition) is 5. The van der Waals surface area contributed by atoms with Gasteiger partial charge in [0.25, 0.3) is 0 Å². The molecule has 0 bridgehead atoms. The predicted octanol–water partition coefficient (Wildman–Crippen LogP) is 2.59. The van der Waals surface area contributed by atoms with E-state index in [4.69, 9.17) is 10.5 Å². The highest BCUT2D eigenvalue weighted by atomic mass is 16.5. The molecule has 3 N–H and O–H groups in total. The van der Waals surface area contributed by atoms with Crippen molar-refractivity contribution in [2.24, 2.45) is 0 Å². The van der Waals surface area contributed by atoms with Crippen molar-refractivity contribution < 1.29 is 4.74 Å². The van der Waals surface area contributed by atoms with Crippen LogP contribution in [0, 0.1) is 0 Å². The lowest BCUT2D eigenvalue weighted by Gasteiger charge is -2.21. The van der Waals surface area contributed by atoms with E-state index in [1.807, 2.05) is 0 Å². The van der Waals surface area contributed by atoms with E-state index in [1.165, 1.54) is 44.9 Å². The average Bonchev–Trinajstić information content (AvgIpc) is 2.31. The molecule has 5 heteroatoms. The Morgan fingerprint density at radius 1 is 1.17 bits per heavy atom. The summed E-state index contributed by atoms with van der Waals surface area (Å²) in [4.78, 5) is 8.19. The quantitative estimate of drug-likeness (QED) is 0.862. The van der Waals surface area contributed by atoms with Gasteiger partial charge in [-0.1, -0.05) is 32.1 Å². The van der Waals surface area contributed by atoms with Crippen LogP contribution in [-0.2, 0) is 0 Å². The molecule has 0 radical (unpaired) electrons. The van der Waals surface area contributed by atoms with E-state index in [0.717, 1.165) is 5.82 Å². The van der Waals surface area contributed by atoms with Crippen LogP contribution in [-0.4, -0.2) is 23.1 Å². The Morgan fingerprint density at radius 2 is 1.83 bits per heavy atom. The molecule has 1 aliphatic carbocycles. The minimum absolute atomic E-state index is 0.252. The Morgan fingerprint density at radius 3 is 2.50 bits per heavy atom. The zero-order valence-corrected chi connectivity index (χ0v) is 11.0. The van der Waals surface area contributed by atoms with Crippen LogP contribution in [0.15, 0.2) is 6.07 Å². The minimum atomic E-state index is 0.252. The first kappa shape index (κ1) is 12.9. The van der Waals surface area contributed by atoms with Crippen molar-refractivity contribution in [1.82, 2.24) is 9.97 Å². The number of anilines is 2. The number of ether oxygens (including phenoxy) is 1. The number of hydrogen-bond donors (Lipinski definition) is 2. The lowest BCUT2D eigenvalue weighted by molar-refractivity contribution is 0.397. The third kappa shape index (κ3) is 3.75. The molecule has 1 heterocycles. The maximum atomic E-state index is 5.65. The van der Waals surface area contributed by atoms with Crippen molar-refractivity contribution in [2.45, 2.75) is 51.0 Å². The lowest BCUT2D eigenvalue weighted by Crippen LogP contribution is -2.21. The van der Waals surface area contributed by atoms with Crippen LogP contribution in [0.2, 0.25) is 0 Å². The van der Waals surface area contributed by atoms with Crippen molar-refractivity contribution >= 4 is 11.8 Å². The SMILES string of the molecule is COc1cc(NC2CCCCCCC2)nc(N)n1. The molecule has 0 unspecified atom stereocenters. The predicted molar refractivity (Wildman–Crippen MR) is 72.7 cm³/mol. The van der Waals surface area contributed by atoms with Gasteiger partial charge >= 0.3 is 0 Å². The van der Waals surface area contributed by atoms with Gasteiger partial charge in [-0.25, -0.2) is 0 Å². The van der Waals surface area contributed by atoms with Gasteiger partial charge in [0.05, 0.1) is 7.11 Å². The second-order valence-electron chi connectivity index (χ2n) is 4.84. The van der Waals surface area contributed by atoms with Gasteiger partial charge in [-0.05, 0) is 12.8 Å². The summed E-state index contributed by atoms with van der Waals surface area (Å²) in [6.07, 6.45) is 9.03. The molecule has 1 saturated carbocycles. The molecule has 2 rings (SSSR count). The molecule has 0 spiro atoms. The summed E-state index contributed by atoms with van der Waals surface area (Å²) < 4.78 is 5.10. The fourth-order valence-electron chi connectivity index (χ4n) is 2.43. The van der Waals surface area contributed by atoms with Crippen LogP contribution in [0.3, 0.4) is 0 Å². The smallest absolute Gasteiger partial charge is 0.225 e. The first-order valence-corrected chi connectivity index (χ1v) is 6.73. The highest BCUT2D eigenvalue weighted by molar-refractivity contribution is 5.43. The van der Waals surface area contributed by atoms with E-state index in [0.29, 0.717) is 11.9 Å². The second kappa shape index (κ2) is 6.42. The van der Waals surface area contributed by atoms with E-state index < -0.39 is 0 Å². The lowest BCUT2D eigenvalue weighted by atomic mass is 9.97. The zero-order valence-electron chi connectivity index (χ0n) is 11.0. The number of methoxy groups -OCH3 is 1. The summed E-state index contributed by atoms with van der Waals surface area (Å²) in [5, 5.41) is 3.45. The Bertz CT molecular complexity index is 375. The Kier molecular flexibility index (Phi) is 4.61. The molecule has 0 atom stereocenters. The Hall–Kier alpha value is -1.52. The highest BCUT2D eigenvalue weighted by Crippen LogP contribution is 2.21. The van der Waals surface area contributed by atoms with Gasteiger partial charge in [0.2, 0.25) is 11.8 Å².